The fraction of sp³-hybridized carbons (Fsp3) is 0.133. The maximum atomic E-state index is 9.98. The first-order valence-corrected chi connectivity index (χ1v) is 5.41. The molecular weight excluding hydrogens is 196 g/mol. The predicted octanol–water partition coefficient (Wildman–Crippen LogP) is 3.50. The molecule has 1 nitrogen and oxygen atoms in total. The average molecular weight is 212 g/mol. The van der Waals surface area contributed by atoms with Crippen LogP contribution in [0.5, 0.6) is 0 Å². The van der Waals surface area contributed by atoms with Crippen LogP contribution in [0.25, 0.3) is 0 Å². The molecule has 0 heterocycles. The molecule has 0 amide bonds. The van der Waals surface area contributed by atoms with Crippen LogP contribution in [0.1, 0.15) is 12.0 Å². The van der Waals surface area contributed by atoms with E-state index in [0.29, 0.717) is 6.42 Å². The highest BCUT2D eigenvalue weighted by molar-refractivity contribution is 5.49. The molecule has 0 aromatic heterocycles. The number of hydrogen-bond donors (Lipinski definition) is 0. The van der Waals surface area contributed by atoms with Gasteiger partial charge in [-0.15, -0.1) is 0 Å². The van der Waals surface area contributed by atoms with E-state index in [9.17, 15) is 4.79 Å². The Hall–Kier alpha value is -1.89. The number of carbonyl (C=O) groups excluding carboxylic acids is 1. The normalized spacial score (nSPS) is 8.75. The first-order chi connectivity index (χ1) is 7.93. The van der Waals surface area contributed by atoms with Gasteiger partial charge in [-0.05, 0) is 12.0 Å². The minimum Gasteiger partial charge on any atom is -0.303 e. The second kappa shape index (κ2) is 8.42. The Morgan fingerprint density at radius 2 is 1.19 bits per heavy atom. The van der Waals surface area contributed by atoms with Crippen molar-refractivity contribution in [2.24, 2.45) is 0 Å². The molecule has 0 aliphatic carbocycles. The highest BCUT2D eigenvalue weighted by atomic mass is 16.1. The van der Waals surface area contributed by atoms with Gasteiger partial charge >= 0.3 is 0 Å². The predicted molar refractivity (Wildman–Crippen MR) is 67.3 cm³/mol. The molecule has 0 fully saturated rings. The number of aryl methyl sites for hydroxylation is 1. The minimum absolute atomic E-state index is 0.629. The first-order valence-electron chi connectivity index (χ1n) is 5.41. The summed E-state index contributed by atoms with van der Waals surface area (Å²) in [6, 6.07) is 22.0. The van der Waals surface area contributed by atoms with E-state index in [1.165, 1.54) is 5.56 Å². The third-order valence-electron chi connectivity index (χ3n) is 2.06. The summed E-state index contributed by atoms with van der Waals surface area (Å²) in [4.78, 5) is 9.98. The van der Waals surface area contributed by atoms with E-state index in [2.05, 4.69) is 0 Å². The van der Waals surface area contributed by atoms with Crippen LogP contribution in [0.4, 0.5) is 0 Å². The second-order valence-corrected chi connectivity index (χ2v) is 3.35. The van der Waals surface area contributed by atoms with Crippen molar-refractivity contribution in [2.45, 2.75) is 12.8 Å². The molecule has 0 bridgehead atoms. The zero-order valence-corrected chi connectivity index (χ0v) is 9.25. The average Bonchev–Trinajstić information content (AvgIpc) is 2.40. The summed E-state index contributed by atoms with van der Waals surface area (Å²) in [7, 11) is 0. The van der Waals surface area contributed by atoms with Gasteiger partial charge in [-0.2, -0.15) is 0 Å². The second-order valence-electron chi connectivity index (χ2n) is 3.35. The number of hydrogen-bond acceptors (Lipinski definition) is 1. The molecule has 2 rings (SSSR count). The summed E-state index contributed by atoms with van der Waals surface area (Å²) in [5, 5.41) is 0. The van der Waals surface area contributed by atoms with Crippen molar-refractivity contribution in [1.29, 1.82) is 0 Å². The van der Waals surface area contributed by atoms with E-state index in [-0.39, 0.29) is 0 Å². The summed E-state index contributed by atoms with van der Waals surface area (Å²) < 4.78 is 0. The summed E-state index contributed by atoms with van der Waals surface area (Å²) in [5.41, 5.74) is 1.23. The molecule has 0 atom stereocenters. The number of benzene rings is 2. The van der Waals surface area contributed by atoms with Gasteiger partial charge in [0.1, 0.15) is 6.29 Å². The van der Waals surface area contributed by atoms with Crippen molar-refractivity contribution in [3.63, 3.8) is 0 Å². The zero-order valence-electron chi connectivity index (χ0n) is 9.25. The Kier molecular flexibility index (Phi) is 6.41. The Morgan fingerprint density at radius 1 is 0.750 bits per heavy atom. The lowest BCUT2D eigenvalue weighted by Gasteiger charge is -1.93. The summed E-state index contributed by atoms with van der Waals surface area (Å²) in [5.74, 6) is 0. The molecular formula is C15H16O. The number of carbonyl (C=O) groups is 1. The van der Waals surface area contributed by atoms with Gasteiger partial charge in [0.2, 0.25) is 0 Å². The van der Waals surface area contributed by atoms with E-state index >= 15 is 0 Å². The Bertz CT molecular complexity index is 340. The van der Waals surface area contributed by atoms with E-state index in [1.807, 2.05) is 66.7 Å². The van der Waals surface area contributed by atoms with Crippen LogP contribution in [0.2, 0.25) is 0 Å². The maximum Gasteiger partial charge on any atom is 0.120 e. The first kappa shape index (κ1) is 12.2. The van der Waals surface area contributed by atoms with E-state index < -0.39 is 0 Å². The summed E-state index contributed by atoms with van der Waals surface area (Å²) in [6.45, 7) is 0. The largest absolute Gasteiger partial charge is 0.303 e. The zero-order chi connectivity index (χ0) is 11.5. The van der Waals surface area contributed by atoms with Crippen molar-refractivity contribution in [3.05, 3.63) is 72.3 Å². The Labute approximate surface area is 96.8 Å². The minimum atomic E-state index is 0.629. The van der Waals surface area contributed by atoms with Gasteiger partial charge in [0, 0.05) is 6.42 Å². The molecule has 0 saturated carbocycles. The smallest absolute Gasteiger partial charge is 0.120 e. The molecule has 16 heavy (non-hydrogen) atoms. The Balaban J connectivity index is 0.000000181. The van der Waals surface area contributed by atoms with Crippen molar-refractivity contribution >= 4 is 6.29 Å². The van der Waals surface area contributed by atoms with Crippen molar-refractivity contribution < 1.29 is 4.79 Å². The third kappa shape index (κ3) is 5.76. The van der Waals surface area contributed by atoms with Crippen LogP contribution in [0.15, 0.2) is 66.7 Å². The third-order valence-corrected chi connectivity index (χ3v) is 2.06. The van der Waals surface area contributed by atoms with Gasteiger partial charge in [-0.3, -0.25) is 0 Å². The molecule has 1 heteroatoms. The molecule has 82 valence electrons. The molecule has 0 aliphatic rings. The fourth-order valence-electron chi connectivity index (χ4n) is 1.26. The standard InChI is InChI=1S/C9H10O.C6H6/c10-8-4-7-9-5-2-1-3-6-9;1-2-4-6-5-3-1/h1-3,5-6,8H,4,7H2;1-6H. The van der Waals surface area contributed by atoms with Crippen LogP contribution in [-0.2, 0) is 11.2 Å². The van der Waals surface area contributed by atoms with Crippen LogP contribution < -0.4 is 0 Å². The lowest BCUT2D eigenvalue weighted by atomic mass is 10.1. The molecule has 2 aromatic rings. The van der Waals surface area contributed by atoms with Gasteiger partial charge in [0.25, 0.3) is 0 Å². The molecule has 0 N–H and O–H groups in total. The van der Waals surface area contributed by atoms with E-state index in [1.54, 1.807) is 0 Å². The highest BCUT2D eigenvalue weighted by Gasteiger charge is 1.87. The number of aldehydes is 1. The molecule has 0 spiro atoms. The van der Waals surface area contributed by atoms with Gasteiger partial charge in [-0.25, -0.2) is 0 Å². The van der Waals surface area contributed by atoms with E-state index in [4.69, 9.17) is 0 Å². The summed E-state index contributed by atoms with van der Waals surface area (Å²) >= 11 is 0. The van der Waals surface area contributed by atoms with Gasteiger partial charge in [0.15, 0.2) is 0 Å². The SMILES string of the molecule is O=CCCc1ccccc1.c1ccccc1. The maximum absolute atomic E-state index is 9.98. The number of rotatable bonds is 3. The lowest BCUT2D eigenvalue weighted by molar-refractivity contribution is -0.107. The van der Waals surface area contributed by atoms with Crippen LogP contribution in [0, 0.1) is 0 Å². The van der Waals surface area contributed by atoms with Crippen molar-refractivity contribution in [1.82, 2.24) is 0 Å². The highest BCUT2D eigenvalue weighted by Crippen LogP contribution is 2.00. The van der Waals surface area contributed by atoms with Crippen molar-refractivity contribution in [2.75, 3.05) is 0 Å². The van der Waals surface area contributed by atoms with E-state index in [0.717, 1.165) is 12.7 Å². The monoisotopic (exact) mass is 212 g/mol. The van der Waals surface area contributed by atoms with Crippen LogP contribution in [0.3, 0.4) is 0 Å². The molecule has 0 saturated heterocycles. The quantitative estimate of drug-likeness (QED) is 0.712. The van der Waals surface area contributed by atoms with Gasteiger partial charge in [-0.1, -0.05) is 66.7 Å². The summed E-state index contributed by atoms with van der Waals surface area (Å²) in [6.07, 6.45) is 2.45. The van der Waals surface area contributed by atoms with Gasteiger partial charge in [0.05, 0.1) is 0 Å². The lowest BCUT2D eigenvalue weighted by Crippen LogP contribution is -1.83. The van der Waals surface area contributed by atoms with Gasteiger partial charge < -0.3 is 4.79 Å². The van der Waals surface area contributed by atoms with Crippen molar-refractivity contribution in [3.8, 4) is 0 Å². The molecule has 0 unspecified atom stereocenters. The van der Waals surface area contributed by atoms with Crippen LogP contribution >= 0.6 is 0 Å². The molecule has 0 radical (unpaired) electrons. The fourth-order valence-corrected chi connectivity index (χ4v) is 1.26. The molecule has 0 aliphatic heterocycles. The molecule has 2 aromatic carbocycles. The topological polar surface area (TPSA) is 17.1 Å². The van der Waals surface area contributed by atoms with Crippen LogP contribution in [-0.4, -0.2) is 6.29 Å². The Morgan fingerprint density at radius 3 is 1.62 bits per heavy atom.